The predicted molar refractivity (Wildman–Crippen MR) is 141 cm³/mol. The highest BCUT2D eigenvalue weighted by atomic mass is 16.5. The second kappa shape index (κ2) is 10.5. The van der Waals surface area contributed by atoms with Crippen LogP contribution in [-0.2, 0) is 6.42 Å². The van der Waals surface area contributed by atoms with Gasteiger partial charge in [-0.15, -0.1) is 0 Å². The standard InChI is InChI=1S/C31H31NO2/c1-33-28-17-19-30-26(23-28)14-18-29(25-10-4-2-5-11-25)31(30)34-27-15-12-24(13-16-27)9-8-22-32-20-6-3-7-21-32/h2,4-5,8,10-19,22-23H,3,6-7,9,20-21H2,1H3/b22-8+. The number of rotatable bonds is 7. The molecule has 3 heteroatoms. The van der Waals surface area contributed by atoms with Crippen molar-refractivity contribution in [3.63, 3.8) is 0 Å². The second-order valence-corrected chi connectivity index (χ2v) is 8.83. The van der Waals surface area contributed by atoms with E-state index in [2.05, 4.69) is 90.0 Å². The number of piperidine rings is 1. The van der Waals surface area contributed by atoms with Crippen LogP contribution >= 0.6 is 0 Å². The Kier molecular flexibility index (Phi) is 6.81. The van der Waals surface area contributed by atoms with Crippen LogP contribution in [-0.4, -0.2) is 25.1 Å². The Morgan fingerprint density at radius 3 is 2.32 bits per heavy atom. The second-order valence-electron chi connectivity index (χ2n) is 8.83. The van der Waals surface area contributed by atoms with Gasteiger partial charge in [0, 0.05) is 24.0 Å². The summed E-state index contributed by atoms with van der Waals surface area (Å²) in [6.07, 6.45) is 9.44. The Morgan fingerprint density at radius 1 is 0.794 bits per heavy atom. The zero-order valence-corrected chi connectivity index (χ0v) is 19.7. The molecule has 34 heavy (non-hydrogen) atoms. The third-order valence-corrected chi connectivity index (χ3v) is 6.47. The van der Waals surface area contributed by atoms with Crippen molar-refractivity contribution >= 4 is 10.8 Å². The number of ether oxygens (including phenoxy) is 2. The Morgan fingerprint density at radius 2 is 1.56 bits per heavy atom. The van der Waals surface area contributed by atoms with E-state index in [9.17, 15) is 0 Å². The maximum Gasteiger partial charge on any atom is 0.143 e. The number of methoxy groups -OCH3 is 1. The average molecular weight is 450 g/mol. The van der Waals surface area contributed by atoms with Gasteiger partial charge in [-0.25, -0.2) is 0 Å². The molecule has 0 saturated carbocycles. The predicted octanol–water partition coefficient (Wildman–Crippen LogP) is 7.85. The molecule has 0 aliphatic carbocycles. The third-order valence-electron chi connectivity index (χ3n) is 6.47. The van der Waals surface area contributed by atoms with Crippen LogP contribution < -0.4 is 9.47 Å². The van der Waals surface area contributed by atoms with Gasteiger partial charge in [-0.1, -0.05) is 54.6 Å². The number of allylic oxidation sites excluding steroid dienone is 1. The highest BCUT2D eigenvalue weighted by Crippen LogP contribution is 2.40. The molecule has 1 heterocycles. The molecule has 0 bridgehead atoms. The molecule has 1 aliphatic heterocycles. The molecule has 0 atom stereocenters. The van der Waals surface area contributed by atoms with Gasteiger partial charge in [-0.3, -0.25) is 0 Å². The fraction of sp³-hybridized carbons (Fsp3) is 0.226. The molecule has 4 aromatic rings. The molecule has 1 fully saturated rings. The van der Waals surface area contributed by atoms with E-state index in [1.807, 2.05) is 12.1 Å². The largest absolute Gasteiger partial charge is 0.497 e. The van der Waals surface area contributed by atoms with Gasteiger partial charge >= 0.3 is 0 Å². The van der Waals surface area contributed by atoms with Gasteiger partial charge < -0.3 is 14.4 Å². The van der Waals surface area contributed by atoms with Crippen LogP contribution in [0.15, 0.2) is 97.2 Å². The van der Waals surface area contributed by atoms with Gasteiger partial charge in [0.2, 0.25) is 0 Å². The zero-order chi connectivity index (χ0) is 23.2. The van der Waals surface area contributed by atoms with E-state index < -0.39 is 0 Å². The quantitative estimate of drug-likeness (QED) is 0.287. The lowest BCUT2D eigenvalue weighted by Gasteiger charge is -2.24. The maximum atomic E-state index is 6.54. The SMILES string of the molecule is COc1ccc2c(Oc3ccc(C/C=C/N4CCCCC4)cc3)c(-c3ccccc3)ccc2c1. The highest BCUT2D eigenvalue weighted by molar-refractivity contribution is 5.96. The first-order valence-corrected chi connectivity index (χ1v) is 12.1. The van der Waals surface area contributed by atoms with Gasteiger partial charge in [0.1, 0.15) is 17.2 Å². The molecule has 4 aromatic carbocycles. The van der Waals surface area contributed by atoms with Gasteiger partial charge in [-0.2, -0.15) is 0 Å². The van der Waals surface area contributed by atoms with Gasteiger partial charge in [0.05, 0.1) is 7.11 Å². The first-order chi connectivity index (χ1) is 16.8. The molecule has 0 spiro atoms. The van der Waals surface area contributed by atoms with Crippen molar-refractivity contribution in [3.05, 3.63) is 103 Å². The summed E-state index contributed by atoms with van der Waals surface area (Å²) in [6.45, 7) is 2.37. The van der Waals surface area contributed by atoms with E-state index in [-0.39, 0.29) is 0 Å². The summed E-state index contributed by atoms with van der Waals surface area (Å²) in [4.78, 5) is 2.43. The molecule has 1 aliphatic rings. The Labute approximate surface area is 202 Å². The van der Waals surface area contributed by atoms with Gasteiger partial charge in [0.15, 0.2) is 0 Å². The minimum atomic E-state index is 0.837. The summed E-state index contributed by atoms with van der Waals surface area (Å²) in [7, 11) is 1.69. The van der Waals surface area contributed by atoms with Crippen molar-refractivity contribution in [2.75, 3.05) is 20.2 Å². The van der Waals surface area contributed by atoms with E-state index in [4.69, 9.17) is 9.47 Å². The number of benzene rings is 4. The molecule has 172 valence electrons. The molecular formula is C31H31NO2. The number of likely N-dealkylation sites (tertiary alicyclic amines) is 1. The lowest BCUT2D eigenvalue weighted by Crippen LogP contribution is -2.24. The van der Waals surface area contributed by atoms with Crippen LogP contribution in [0.4, 0.5) is 0 Å². The number of nitrogens with zero attached hydrogens (tertiary/aromatic N) is 1. The van der Waals surface area contributed by atoms with E-state index in [1.54, 1.807) is 7.11 Å². The smallest absolute Gasteiger partial charge is 0.143 e. The van der Waals surface area contributed by atoms with Crippen molar-refractivity contribution in [3.8, 4) is 28.4 Å². The van der Waals surface area contributed by atoms with Crippen LogP contribution in [0, 0.1) is 0 Å². The normalized spacial score (nSPS) is 14.0. The first-order valence-electron chi connectivity index (χ1n) is 12.1. The molecule has 0 unspecified atom stereocenters. The summed E-state index contributed by atoms with van der Waals surface area (Å²) in [5.74, 6) is 2.54. The van der Waals surface area contributed by atoms with E-state index >= 15 is 0 Å². The Bertz CT molecular complexity index is 1260. The molecule has 3 nitrogen and oxygen atoms in total. The lowest BCUT2D eigenvalue weighted by molar-refractivity contribution is 0.309. The van der Waals surface area contributed by atoms with Crippen molar-refractivity contribution in [2.24, 2.45) is 0 Å². The zero-order valence-electron chi connectivity index (χ0n) is 19.7. The topological polar surface area (TPSA) is 21.7 Å². The average Bonchev–Trinajstić information content (AvgIpc) is 2.90. The number of hydrogen-bond acceptors (Lipinski definition) is 3. The van der Waals surface area contributed by atoms with E-state index in [0.717, 1.165) is 45.6 Å². The van der Waals surface area contributed by atoms with Crippen LogP contribution in [0.3, 0.4) is 0 Å². The minimum absolute atomic E-state index is 0.837. The summed E-state index contributed by atoms with van der Waals surface area (Å²) in [5, 5.41) is 2.16. The van der Waals surface area contributed by atoms with Crippen molar-refractivity contribution < 1.29 is 9.47 Å². The molecular weight excluding hydrogens is 418 g/mol. The highest BCUT2D eigenvalue weighted by Gasteiger charge is 2.13. The summed E-state index contributed by atoms with van der Waals surface area (Å²) in [6, 6.07) is 29.2. The molecule has 0 N–H and O–H groups in total. The van der Waals surface area contributed by atoms with Crippen LogP contribution in [0.1, 0.15) is 24.8 Å². The molecule has 0 amide bonds. The summed E-state index contributed by atoms with van der Waals surface area (Å²) >= 11 is 0. The lowest BCUT2D eigenvalue weighted by atomic mass is 9.99. The monoisotopic (exact) mass is 449 g/mol. The maximum absolute atomic E-state index is 6.54. The number of fused-ring (bicyclic) bond motifs is 1. The van der Waals surface area contributed by atoms with Crippen molar-refractivity contribution in [1.82, 2.24) is 4.90 Å². The molecule has 0 aromatic heterocycles. The van der Waals surface area contributed by atoms with Crippen LogP contribution in [0.25, 0.3) is 21.9 Å². The summed E-state index contributed by atoms with van der Waals surface area (Å²) < 4.78 is 12.0. The van der Waals surface area contributed by atoms with Gasteiger partial charge in [0.25, 0.3) is 0 Å². The molecule has 0 radical (unpaired) electrons. The fourth-order valence-corrected chi connectivity index (χ4v) is 4.58. The van der Waals surface area contributed by atoms with Gasteiger partial charge in [-0.05, 0) is 84.8 Å². The molecule has 1 saturated heterocycles. The first kappa shape index (κ1) is 22.1. The van der Waals surface area contributed by atoms with E-state index in [0.29, 0.717) is 0 Å². The Hall–Kier alpha value is -3.72. The van der Waals surface area contributed by atoms with E-state index in [1.165, 1.54) is 37.9 Å². The van der Waals surface area contributed by atoms with Crippen molar-refractivity contribution in [2.45, 2.75) is 25.7 Å². The minimum Gasteiger partial charge on any atom is -0.497 e. The van der Waals surface area contributed by atoms with Crippen molar-refractivity contribution in [1.29, 1.82) is 0 Å². The van der Waals surface area contributed by atoms with Crippen LogP contribution in [0.2, 0.25) is 0 Å². The third kappa shape index (κ3) is 5.09. The number of hydrogen-bond donors (Lipinski definition) is 0. The summed E-state index contributed by atoms with van der Waals surface area (Å²) in [5.41, 5.74) is 3.49. The molecule has 5 rings (SSSR count). The Balaban J connectivity index is 1.40. The van der Waals surface area contributed by atoms with Crippen LogP contribution in [0.5, 0.6) is 17.2 Å². The fourth-order valence-electron chi connectivity index (χ4n) is 4.58.